The standard InChI is InChI=1S/C49H36O/c1-49(2)42-26-24-33(28-40(42)41-30-39-32(29-43(41)49)25-27-45-48(39)38-22-14-15-23-44(38)50-45)47-36-20-12-10-18-34(36)46(35-19-11-13-21-37(35)47)31-16-8-6-4-3-5-7-9-17-31/h3-4,6-15,17-30H,5,16H2,1-2H3/b4-3-,8-6-,9-7-,31-17+. The fraction of sp³-hybridized carbons (Fsp3) is 0.102. The minimum absolute atomic E-state index is 0.114. The van der Waals surface area contributed by atoms with Crippen LogP contribution in [0.2, 0.25) is 0 Å². The molecule has 0 radical (unpaired) electrons. The second-order valence-corrected chi connectivity index (χ2v) is 14.3. The highest BCUT2D eigenvalue weighted by Gasteiger charge is 2.36. The van der Waals surface area contributed by atoms with Crippen LogP contribution in [0.5, 0.6) is 0 Å². The topological polar surface area (TPSA) is 13.1 Å². The summed E-state index contributed by atoms with van der Waals surface area (Å²) in [6.07, 6.45) is 17.4. The first-order chi connectivity index (χ1) is 24.6. The monoisotopic (exact) mass is 640 g/mol. The van der Waals surface area contributed by atoms with Crippen molar-refractivity contribution >= 4 is 59.8 Å². The van der Waals surface area contributed by atoms with Crippen molar-refractivity contribution in [2.24, 2.45) is 0 Å². The first-order valence-corrected chi connectivity index (χ1v) is 17.7. The minimum atomic E-state index is -0.114. The molecular weight excluding hydrogens is 605 g/mol. The predicted octanol–water partition coefficient (Wildman–Crippen LogP) is 13.9. The van der Waals surface area contributed by atoms with Gasteiger partial charge in [0.05, 0.1) is 0 Å². The summed E-state index contributed by atoms with van der Waals surface area (Å²) >= 11 is 0. The van der Waals surface area contributed by atoms with Crippen molar-refractivity contribution in [2.75, 3.05) is 0 Å². The molecule has 8 aromatic rings. The van der Waals surface area contributed by atoms with Crippen molar-refractivity contribution in [3.05, 3.63) is 174 Å². The van der Waals surface area contributed by atoms with E-state index in [1.54, 1.807) is 0 Å². The van der Waals surface area contributed by atoms with Gasteiger partial charge in [0.1, 0.15) is 11.2 Å². The third-order valence-corrected chi connectivity index (χ3v) is 11.1. The molecule has 0 unspecified atom stereocenters. The molecule has 0 N–H and O–H groups in total. The summed E-state index contributed by atoms with van der Waals surface area (Å²) in [4.78, 5) is 0. The summed E-state index contributed by atoms with van der Waals surface area (Å²) in [5, 5.41) is 10.0. The number of rotatable bonds is 2. The van der Waals surface area contributed by atoms with Gasteiger partial charge in [0.2, 0.25) is 0 Å². The van der Waals surface area contributed by atoms with Gasteiger partial charge in [-0.15, -0.1) is 0 Å². The Labute approximate surface area is 292 Å². The van der Waals surface area contributed by atoms with Crippen molar-refractivity contribution in [1.82, 2.24) is 0 Å². The zero-order valence-electron chi connectivity index (χ0n) is 28.3. The van der Waals surface area contributed by atoms with Crippen molar-refractivity contribution in [1.29, 1.82) is 0 Å². The zero-order valence-corrected chi connectivity index (χ0v) is 28.3. The number of fused-ring (bicyclic) bond motifs is 10. The van der Waals surface area contributed by atoms with Crippen LogP contribution in [0.1, 0.15) is 43.4 Å². The SMILES string of the molecule is CC1(C)c2ccc(-c3c4ccccc4c(/C4=C/C=C\C/C=C\C=C/C4)c4ccccc34)cc2-c2cc3c(ccc4oc5ccccc5c43)cc21. The fourth-order valence-corrected chi connectivity index (χ4v) is 8.76. The van der Waals surface area contributed by atoms with Gasteiger partial charge in [-0.25, -0.2) is 0 Å². The molecule has 0 saturated carbocycles. The van der Waals surface area contributed by atoms with E-state index >= 15 is 0 Å². The second kappa shape index (κ2) is 11.1. The lowest BCUT2D eigenvalue weighted by Gasteiger charge is -2.22. The van der Waals surface area contributed by atoms with Crippen LogP contribution in [0.15, 0.2) is 162 Å². The maximum atomic E-state index is 6.31. The molecule has 0 aliphatic heterocycles. The van der Waals surface area contributed by atoms with Crippen molar-refractivity contribution in [3.8, 4) is 22.3 Å². The number of hydrogen-bond acceptors (Lipinski definition) is 1. The molecule has 1 nitrogen and oxygen atoms in total. The smallest absolute Gasteiger partial charge is 0.136 e. The highest BCUT2D eigenvalue weighted by atomic mass is 16.3. The van der Waals surface area contributed by atoms with E-state index in [4.69, 9.17) is 4.42 Å². The molecule has 7 aromatic carbocycles. The third kappa shape index (κ3) is 4.26. The van der Waals surface area contributed by atoms with Crippen LogP contribution in [-0.2, 0) is 5.41 Å². The van der Waals surface area contributed by atoms with E-state index in [9.17, 15) is 0 Å². The van der Waals surface area contributed by atoms with Gasteiger partial charge in [-0.2, -0.15) is 0 Å². The van der Waals surface area contributed by atoms with E-state index < -0.39 is 0 Å². The van der Waals surface area contributed by atoms with E-state index in [0.717, 1.165) is 24.0 Å². The Bertz CT molecular complexity index is 2770. The molecule has 50 heavy (non-hydrogen) atoms. The van der Waals surface area contributed by atoms with Gasteiger partial charge in [-0.05, 0) is 120 Å². The summed E-state index contributed by atoms with van der Waals surface area (Å²) in [6, 6.07) is 42.9. The summed E-state index contributed by atoms with van der Waals surface area (Å²) in [7, 11) is 0. The Kier molecular flexibility index (Phi) is 6.42. The average molecular weight is 641 g/mol. The number of hydrogen-bond donors (Lipinski definition) is 0. The van der Waals surface area contributed by atoms with E-state index in [0.29, 0.717) is 0 Å². The Morgan fingerprint density at radius 3 is 1.96 bits per heavy atom. The first kappa shape index (κ1) is 29.0. The fourth-order valence-electron chi connectivity index (χ4n) is 8.76. The highest BCUT2D eigenvalue weighted by Crippen LogP contribution is 2.53. The van der Waals surface area contributed by atoms with Crippen LogP contribution in [-0.4, -0.2) is 0 Å². The van der Waals surface area contributed by atoms with E-state index in [2.05, 4.69) is 166 Å². The van der Waals surface area contributed by atoms with E-state index in [1.165, 1.54) is 87.6 Å². The Morgan fingerprint density at radius 1 is 0.520 bits per heavy atom. The van der Waals surface area contributed by atoms with Crippen LogP contribution in [0, 0.1) is 0 Å². The first-order valence-electron chi connectivity index (χ1n) is 17.7. The quantitative estimate of drug-likeness (QED) is 0.171. The van der Waals surface area contributed by atoms with Gasteiger partial charge in [0.25, 0.3) is 0 Å². The largest absolute Gasteiger partial charge is 0.456 e. The summed E-state index contributed by atoms with van der Waals surface area (Å²) < 4.78 is 6.31. The molecule has 238 valence electrons. The molecule has 0 spiro atoms. The molecule has 0 fully saturated rings. The van der Waals surface area contributed by atoms with E-state index in [-0.39, 0.29) is 5.41 Å². The molecular formula is C49H36O. The number of benzene rings is 7. The maximum absolute atomic E-state index is 6.31. The lowest BCUT2D eigenvalue weighted by atomic mass is 9.81. The summed E-state index contributed by atoms with van der Waals surface area (Å²) in [5.74, 6) is 0. The normalized spacial score (nSPS) is 18.2. The maximum Gasteiger partial charge on any atom is 0.136 e. The Hall–Kier alpha value is -5.92. The molecule has 1 heteroatoms. The van der Waals surface area contributed by atoms with Crippen LogP contribution in [0.4, 0.5) is 0 Å². The molecule has 0 atom stereocenters. The Morgan fingerprint density at radius 2 is 1.18 bits per heavy atom. The lowest BCUT2D eigenvalue weighted by molar-refractivity contribution is 0.661. The second-order valence-electron chi connectivity index (χ2n) is 14.3. The summed E-state index contributed by atoms with van der Waals surface area (Å²) in [5.41, 5.74) is 12.4. The predicted molar refractivity (Wildman–Crippen MR) is 214 cm³/mol. The van der Waals surface area contributed by atoms with Gasteiger partial charge in [0, 0.05) is 16.2 Å². The molecule has 0 saturated heterocycles. The van der Waals surface area contributed by atoms with Crippen molar-refractivity contribution in [3.63, 3.8) is 0 Å². The summed E-state index contributed by atoms with van der Waals surface area (Å²) in [6.45, 7) is 4.75. The van der Waals surface area contributed by atoms with Gasteiger partial charge in [0.15, 0.2) is 0 Å². The molecule has 10 rings (SSSR count). The van der Waals surface area contributed by atoms with Crippen LogP contribution >= 0.6 is 0 Å². The molecule has 0 bridgehead atoms. The number of allylic oxidation sites excluding steroid dienone is 8. The highest BCUT2D eigenvalue weighted by molar-refractivity contribution is 6.21. The molecule has 1 heterocycles. The minimum Gasteiger partial charge on any atom is -0.456 e. The third-order valence-electron chi connectivity index (χ3n) is 11.1. The number of furan rings is 1. The molecule has 2 aliphatic rings. The van der Waals surface area contributed by atoms with Gasteiger partial charge in [-0.1, -0.05) is 141 Å². The molecule has 0 amide bonds. The Balaban J connectivity index is 1.23. The van der Waals surface area contributed by atoms with Gasteiger partial charge >= 0.3 is 0 Å². The zero-order chi connectivity index (χ0) is 33.4. The number of para-hydroxylation sites is 1. The van der Waals surface area contributed by atoms with E-state index in [1.807, 2.05) is 6.07 Å². The van der Waals surface area contributed by atoms with Gasteiger partial charge in [-0.3, -0.25) is 0 Å². The lowest BCUT2D eigenvalue weighted by Crippen LogP contribution is -2.14. The van der Waals surface area contributed by atoms with Gasteiger partial charge < -0.3 is 4.42 Å². The van der Waals surface area contributed by atoms with Crippen LogP contribution in [0.25, 0.3) is 82.1 Å². The van der Waals surface area contributed by atoms with Crippen molar-refractivity contribution < 1.29 is 4.42 Å². The molecule has 1 aromatic heterocycles. The van der Waals surface area contributed by atoms with Crippen LogP contribution in [0.3, 0.4) is 0 Å². The van der Waals surface area contributed by atoms with Crippen LogP contribution < -0.4 is 0 Å². The van der Waals surface area contributed by atoms with Crippen molar-refractivity contribution in [2.45, 2.75) is 32.1 Å². The average Bonchev–Trinajstić information content (AvgIpc) is 3.64. The molecule has 2 aliphatic carbocycles.